The summed E-state index contributed by atoms with van der Waals surface area (Å²) in [6, 6.07) is 7.32. The zero-order valence-electron chi connectivity index (χ0n) is 11.3. The molecule has 1 atom stereocenters. The first-order valence-corrected chi connectivity index (χ1v) is 7.31. The molecule has 1 saturated heterocycles. The standard InChI is InChI=1S/C15H20ClNO3/c16-13-3-1-11(2-4-13)15(20)12-5-8-17(9-6-12)10-7-14(18)19/h1-4,12,15,20H,5-10H2,(H,18,19)/t15-/m1/s1. The van der Waals surface area contributed by atoms with E-state index >= 15 is 0 Å². The highest BCUT2D eigenvalue weighted by Gasteiger charge is 2.26. The maximum atomic E-state index is 10.5. The van der Waals surface area contributed by atoms with Crippen LogP contribution in [0.4, 0.5) is 0 Å². The molecule has 20 heavy (non-hydrogen) atoms. The number of carboxylic acid groups (broad SMARTS) is 1. The van der Waals surface area contributed by atoms with E-state index in [1.165, 1.54) is 0 Å². The van der Waals surface area contributed by atoms with Crippen LogP contribution >= 0.6 is 11.6 Å². The van der Waals surface area contributed by atoms with Gasteiger partial charge >= 0.3 is 5.97 Å². The highest BCUT2D eigenvalue weighted by atomic mass is 35.5. The molecule has 2 N–H and O–H groups in total. The van der Waals surface area contributed by atoms with Crippen LogP contribution in [0.1, 0.15) is 30.9 Å². The average molecular weight is 298 g/mol. The minimum atomic E-state index is -0.756. The first kappa shape index (κ1) is 15.3. The number of aliphatic hydroxyl groups is 1. The van der Waals surface area contributed by atoms with E-state index in [9.17, 15) is 9.90 Å². The van der Waals surface area contributed by atoms with Crippen LogP contribution in [-0.4, -0.2) is 40.7 Å². The van der Waals surface area contributed by atoms with Gasteiger partial charge in [0.25, 0.3) is 0 Å². The van der Waals surface area contributed by atoms with Crippen LogP contribution in [0, 0.1) is 5.92 Å². The van der Waals surface area contributed by atoms with Crippen molar-refractivity contribution in [2.45, 2.75) is 25.4 Å². The van der Waals surface area contributed by atoms with Crippen molar-refractivity contribution < 1.29 is 15.0 Å². The Morgan fingerprint density at radius 1 is 1.30 bits per heavy atom. The molecule has 1 aromatic carbocycles. The molecule has 0 saturated carbocycles. The Morgan fingerprint density at radius 3 is 2.45 bits per heavy atom. The summed E-state index contributed by atoms with van der Waals surface area (Å²) in [5.41, 5.74) is 0.901. The molecule has 0 spiro atoms. The summed E-state index contributed by atoms with van der Waals surface area (Å²) in [5.74, 6) is -0.523. The van der Waals surface area contributed by atoms with Crippen LogP contribution in [-0.2, 0) is 4.79 Å². The molecule has 1 aliphatic rings. The van der Waals surface area contributed by atoms with Gasteiger partial charge in [0.15, 0.2) is 0 Å². The van der Waals surface area contributed by atoms with Crippen molar-refractivity contribution in [3.05, 3.63) is 34.9 Å². The van der Waals surface area contributed by atoms with E-state index in [4.69, 9.17) is 16.7 Å². The van der Waals surface area contributed by atoms with Crippen molar-refractivity contribution in [2.75, 3.05) is 19.6 Å². The van der Waals surface area contributed by atoms with Crippen molar-refractivity contribution >= 4 is 17.6 Å². The van der Waals surface area contributed by atoms with E-state index in [-0.39, 0.29) is 12.3 Å². The van der Waals surface area contributed by atoms with Gasteiger partial charge in [-0.3, -0.25) is 4.79 Å². The first-order chi connectivity index (χ1) is 9.56. The van der Waals surface area contributed by atoms with E-state index in [1.807, 2.05) is 12.1 Å². The molecule has 1 heterocycles. The Kier molecular flexibility index (Phi) is 5.40. The van der Waals surface area contributed by atoms with E-state index in [0.29, 0.717) is 11.6 Å². The SMILES string of the molecule is O=C(O)CCN1CCC([C@H](O)c2ccc(Cl)cc2)CC1. The van der Waals surface area contributed by atoms with E-state index < -0.39 is 12.1 Å². The van der Waals surface area contributed by atoms with Gasteiger partial charge in [-0.05, 0) is 49.5 Å². The lowest BCUT2D eigenvalue weighted by molar-refractivity contribution is -0.137. The Hall–Kier alpha value is -1.10. The lowest BCUT2D eigenvalue weighted by Gasteiger charge is -2.34. The number of nitrogens with zero attached hydrogens (tertiary/aromatic N) is 1. The summed E-state index contributed by atoms with van der Waals surface area (Å²) in [6.07, 6.45) is 1.51. The second-order valence-electron chi connectivity index (χ2n) is 5.32. The highest BCUT2D eigenvalue weighted by molar-refractivity contribution is 6.30. The van der Waals surface area contributed by atoms with Gasteiger partial charge in [0.2, 0.25) is 0 Å². The number of piperidine rings is 1. The van der Waals surface area contributed by atoms with Gasteiger partial charge in [0, 0.05) is 11.6 Å². The smallest absolute Gasteiger partial charge is 0.304 e. The number of hydrogen-bond acceptors (Lipinski definition) is 3. The van der Waals surface area contributed by atoms with Crippen LogP contribution in [0.3, 0.4) is 0 Å². The lowest BCUT2D eigenvalue weighted by atomic mass is 9.87. The highest BCUT2D eigenvalue weighted by Crippen LogP contribution is 2.31. The number of benzene rings is 1. The predicted octanol–water partition coefficient (Wildman–Crippen LogP) is 2.56. The third-order valence-electron chi connectivity index (χ3n) is 3.93. The third-order valence-corrected chi connectivity index (χ3v) is 4.18. The largest absolute Gasteiger partial charge is 0.481 e. The van der Waals surface area contributed by atoms with Gasteiger partial charge in [-0.25, -0.2) is 0 Å². The molecule has 0 bridgehead atoms. The van der Waals surface area contributed by atoms with Gasteiger partial charge in [-0.15, -0.1) is 0 Å². The quantitative estimate of drug-likeness (QED) is 0.877. The molecule has 0 radical (unpaired) electrons. The fraction of sp³-hybridized carbons (Fsp3) is 0.533. The molecule has 0 aromatic heterocycles. The summed E-state index contributed by atoms with van der Waals surface area (Å²) >= 11 is 5.85. The molecule has 0 amide bonds. The normalized spacial score (nSPS) is 18.9. The maximum Gasteiger partial charge on any atom is 0.304 e. The zero-order valence-corrected chi connectivity index (χ0v) is 12.1. The molecular weight excluding hydrogens is 278 g/mol. The van der Waals surface area contributed by atoms with E-state index in [2.05, 4.69) is 4.90 Å². The van der Waals surface area contributed by atoms with E-state index in [0.717, 1.165) is 31.5 Å². The Labute approximate surface area is 124 Å². The number of aliphatic carboxylic acids is 1. The minimum Gasteiger partial charge on any atom is -0.481 e. The Bertz CT molecular complexity index is 441. The molecule has 110 valence electrons. The Balaban J connectivity index is 1.83. The van der Waals surface area contributed by atoms with E-state index in [1.54, 1.807) is 12.1 Å². The lowest BCUT2D eigenvalue weighted by Crippen LogP contribution is -2.36. The van der Waals surface area contributed by atoms with Crippen LogP contribution in [0.5, 0.6) is 0 Å². The molecule has 0 unspecified atom stereocenters. The number of likely N-dealkylation sites (tertiary alicyclic amines) is 1. The molecule has 1 fully saturated rings. The fourth-order valence-electron chi connectivity index (χ4n) is 2.68. The van der Waals surface area contributed by atoms with Crippen LogP contribution < -0.4 is 0 Å². The third kappa shape index (κ3) is 4.20. The van der Waals surface area contributed by atoms with Gasteiger partial charge in [0.05, 0.1) is 12.5 Å². The van der Waals surface area contributed by atoms with Gasteiger partial charge < -0.3 is 15.1 Å². The molecule has 5 heteroatoms. The number of halogens is 1. The second-order valence-corrected chi connectivity index (χ2v) is 5.76. The molecule has 4 nitrogen and oxygen atoms in total. The number of rotatable bonds is 5. The number of carbonyl (C=O) groups is 1. The first-order valence-electron chi connectivity index (χ1n) is 6.94. The van der Waals surface area contributed by atoms with Crippen LogP contribution in [0.15, 0.2) is 24.3 Å². The number of carboxylic acids is 1. The van der Waals surface area contributed by atoms with Crippen molar-refractivity contribution in [1.82, 2.24) is 4.90 Å². The molecule has 2 rings (SSSR count). The summed E-state index contributed by atoms with van der Waals surface area (Å²) < 4.78 is 0. The van der Waals surface area contributed by atoms with Crippen molar-refractivity contribution in [2.24, 2.45) is 5.92 Å². The van der Waals surface area contributed by atoms with Crippen LogP contribution in [0.25, 0.3) is 0 Å². The molecule has 1 aromatic rings. The van der Waals surface area contributed by atoms with Crippen molar-refractivity contribution in [1.29, 1.82) is 0 Å². The number of hydrogen-bond donors (Lipinski definition) is 2. The monoisotopic (exact) mass is 297 g/mol. The summed E-state index contributed by atoms with van der Waals surface area (Å²) in [4.78, 5) is 12.7. The molecular formula is C15H20ClNO3. The summed E-state index contributed by atoms with van der Waals surface area (Å²) in [7, 11) is 0. The zero-order chi connectivity index (χ0) is 14.5. The fourth-order valence-corrected chi connectivity index (χ4v) is 2.80. The van der Waals surface area contributed by atoms with Crippen molar-refractivity contribution in [3.63, 3.8) is 0 Å². The minimum absolute atomic E-state index is 0.185. The average Bonchev–Trinajstić information content (AvgIpc) is 2.46. The predicted molar refractivity (Wildman–Crippen MR) is 77.8 cm³/mol. The van der Waals surface area contributed by atoms with Crippen LogP contribution in [0.2, 0.25) is 5.02 Å². The summed E-state index contributed by atoms with van der Waals surface area (Å²) in [5, 5.41) is 19.7. The summed E-state index contributed by atoms with van der Waals surface area (Å²) in [6.45, 7) is 2.30. The van der Waals surface area contributed by atoms with Gasteiger partial charge in [-0.2, -0.15) is 0 Å². The molecule has 0 aliphatic carbocycles. The maximum absolute atomic E-state index is 10.5. The van der Waals surface area contributed by atoms with Gasteiger partial charge in [-0.1, -0.05) is 23.7 Å². The Morgan fingerprint density at radius 2 is 1.90 bits per heavy atom. The molecule has 1 aliphatic heterocycles. The second kappa shape index (κ2) is 7.07. The van der Waals surface area contributed by atoms with Crippen molar-refractivity contribution in [3.8, 4) is 0 Å². The topological polar surface area (TPSA) is 60.8 Å². The number of aliphatic hydroxyl groups excluding tert-OH is 1. The van der Waals surface area contributed by atoms with Gasteiger partial charge in [0.1, 0.15) is 0 Å².